The molecule has 0 aliphatic rings. The van der Waals surface area contributed by atoms with Gasteiger partial charge in [-0.2, -0.15) is 13.2 Å². The molecular weight excluding hydrogens is 291 g/mol. The van der Waals surface area contributed by atoms with E-state index >= 15 is 0 Å². The molecule has 22 heavy (non-hydrogen) atoms. The minimum absolute atomic E-state index is 0.201. The lowest BCUT2D eigenvalue weighted by atomic mass is 10.0. The number of halogens is 3. The van der Waals surface area contributed by atoms with Gasteiger partial charge in [0.1, 0.15) is 6.10 Å². The molecule has 5 heteroatoms. The number of alkyl halides is 3. The molecule has 0 fully saturated rings. The third kappa shape index (κ3) is 4.18. The first-order valence-electron chi connectivity index (χ1n) is 6.81. The van der Waals surface area contributed by atoms with Gasteiger partial charge in [0.25, 0.3) is 0 Å². The van der Waals surface area contributed by atoms with Gasteiger partial charge in [-0.15, -0.1) is 0 Å². The number of nitrogens with zero attached hydrogens (tertiary/aromatic N) is 1. The highest BCUT2D eigenvalue weighted by molar-refractivity contribution is 5.79. The van der Waals surface area contributed by atoms with Gasteiger partial charge in [0.15, 0.2) is 0 Å². The van der Waals surface area contributed by atoms with Crippen molar-refractivity contribution in [1.82, 2.24) is 0 Å². The monoisotopic (exact) mass is 307 g/mol. The first-order chi connectivity index (χ1) is 10.4. The van der Waals surface area contributed by atoms with Crippen molar-refractivity contribution in [3.63, 3.8) is 0 Å². The lowest BCUT2D eigenvalue weighted by Gasteiger charge is -2.17. The van der Waals surface area contributed by atoms with Gasteiger partial charge in [0.05, 0.1) is 11.6 Å². The second-order valence-electron chi connectivity index (χ2n) is 5.00. The SMILES string of the molecule is CC(N=Cc1ccccc1)C(O)c1cccc(C(F)(F)F)c1. The number of hydrogen-bond acceptors (Lipinski definition) is 2. The summed E-state index contributed by atoms with van der Waals surface area (Å²) in [6, 6.07) is 13.4. The maximum atomic E-state index is 12.7. The van der Waals surface area contributed by atoms with E-state index in [9.17, 15) is 18.3 Å². The smallest absolute Gasteiger partial charge is 0.386 e. The first-order valence-corrected chi connectivity index (χ1v) is 6.81. The average Bonchev–Trinajstić information content (AvgIpc) is 2.52. The van der Waals surface area contributed by atoms with Crippen molar-refractivity contribution in [3.05, 3.63) is 71.3 Å². The molecule has 2 aromatic rings. The van der Waals surface area contributed by atoms with Gasteiger partial charge >= 0.3 is 6.18 Å². The molecule has 2 rings (SSSR count). The molecule has 0 aromatic heterocycles. The quantitative estimate of drug-likeness (QED) is 0.842. The second-order valence-corrected chi connectivity index (χ2v) is 5.00. The normalized spacial score (nSPS) is 15.0. The maximum Gasteiger partial charge on any atom is 0.416 e. The highest BCUT2D eigenvalue weighted by Crippen LogP contribution is 2.31. The minimum atomic E-state index is -4.42. The van der Waals surface area contributed by atoms with Crippen LogP contribution in [0.3, 0.4) is 0 Å². The van der Waals surface area contributed by atoms with E-state index in [1.807, 2.05) is 30.3 Å². The number of aliphatic imine (C=N–C) groups is 1. The van der Waals surface area contributed by atoms with Crippen LogP contribution in [0.5, 0.6) is 0 Å². The molecule has 0 aliphatic heterocycles. The highest BCUT2D eigenvalue weighted by Gasteiger charge is 2.31. The van der Waals surface area contributed by atoms with E-state index in [-0.39, 0.29) is 5.56 Å². The van der Waals surface area contributed by atoms with Crippen molar-refractivity contribution in [2.75, 3.05) is 0 Å². The molecule has 2 nitrogen and oxygen atoms in total. The molecule has 0 heterocycles. The number of aliphatic hydroxyl groups excluding tert-OH is 1. The number of hydrogen-bond donors (Lipinski definition) is 1. The standard InChI is InChI=1S/C17H16F3NO/c1-12(21-11-13-6-3-2-4-7-13)16(22)14-8-5-9-15(10-14)17(18,19)20/h2-12,16,22H,1H3. The fourth-order valence-corrected chi connectivity index (χ4v) is 2.00. The van der Waals surface area contributed by atoms with Crippen LogP contribution in [0.1, 0.15) is 29.7 Å². The molecule has 0 saturated heterocycles. The number of rotatable bonds is 4. The molecule has 0 amide bonds. The molecule has 2 aromatic carbocycles. The summed E-state index contributed by atoms with van der Waals surface area (Å²) in [5.74, 6) is 0. The Morgan fingerprint density at radius 2 is 1.73 bits per heavy atom. The van der Waals surface area contributed by atoms with Crippen molar-refractivity contribution in [2.24, 2.45) is 4.99 Å². The lowest BCUT2D eigenvalue weighted by molar-refractivity contribution is -0.137. The Bertz CT molecular complexity index is 638. The van der Waals surface area contributed by atoms with Crippen LogP contribution in [-0.4, -0.2) is 17.4 Å². The van der Waals surface area contributed by atoms with Crippen LogP contribution in [-0.2, 0) is 6.18 Å². The third-order valence-electron chi connectivity index (χ3n) is 3.27. The first kappa shape index (κ1) is 16.2. The Morgan fingerprint density at radius 1 is 1.05 bits per heavy atom. The Hall–Kier alpha value is -2.14. The minimum Gasteiger partial charge on any atom is -0.386 e. The van der Waals surface area contributed by atoms with Gasteiger partial charge in [0.2, 0.25) is 0 Å². The molecular formula is C17H16F3NO. The van der Waals surface area contributed by atoms with Gasteiger partial charge < -0.3 is 5.11 Å². The Labute approximate surface area is 126 Å². The molecule has 0 saturated carbocycles. The Balaban J connectivity index is 2.14. The number of aliphatic hydroxyl groups is 1. The van der Waals surface area contributed by atoms with Gasteiger partial charge in [-0.05, 0) is 30.2 Å². The maximum absolute atomic E-state index is 12.7. The van der Waals surface area contributed by atoms with E-state index in [0.29, 0.717) is 0 Å². The van der Waals surface area contributed by atoms with E-state index < -0.39 is 23.9 Å². The zero-order chi connectivity index (χ0) is 16.2. The number of benzene rings is 2. The van der Waals surface area contributed by atoms with Crippen molar-refractivity contribution >= 4 is 6.21 Å². The van der Waals surface area contributed by atoms with Crippen LogP contribution in [0.25, 0.3) is 0 Å². The highest BCUT2D eigenvalue weighted by atomic mass is 19.4. The molecule has 0 aliphatic carbocycles. The van der Waals surface area contributed by atoms with Crippen molar-refractivity contribution < 1.29 is 18.3 Å². The Kier molecular flexibility index (Phi) is 4.98. The summed E-state index contributed by atoms with van der Waals surface area (Å²) >= 11 is 0. The average molecular weight is 307 g/mol. The molecule has 0 bridgehead atoms. The van der Waals surface area contributed by atoms with Crippen molar-refractivity contribution in [1.29, 1.82) is 0 Å². The fourth-order valence-electron chi connectivity index (χ4n) is 2.00. The molecule has 1 N–H and O–H groups in total. The summed E-state index contributed by atoms with van der Waals surface area (Å²) in [5.41, 5.74) is 0.293. The van der Waals surface area contributed by atoms with Crippen LogP contribution < -0.4 is 0 Å². The summed E-state index contributed by atoms with van der Waals surface area (Å²) < 4.78 is 38.1. The van der Waals surface area contributed by atoms with E-state index in [1.165, 1.54) is 12.1 Å². The van der Waals surface area contributed by atoms with Crippen LogP contribution in [0.2, 0.25) is 0 Å². The summed E-state index contributed by atoms with van der Waals surface area (Å²) in [7, 11) is 0. The topological polar surface area (TPSA) is 32.6 Å². The summed E-state index contributed by atoms with van der Waals surface area (Å²) in [6.07, 6.45) is -3.92. The summed E-state index contributed by atoms with van der Waals surface area (Å²) in [6.45, 7) is 1.66. The molecule has 0 radical (unpaired) electrons. The molecule has 116 valence electrons. The fraction of sp³-hybridized carbons (Fsp3) is 0.235. The van der Waals surface area contributed by atoms with Gasteiger partial charge in [-0.25, -0.2) is 0 Å². The van der Waals surface area contributed by atoms with E-state index in [2.05, 4.69) is 4.99 Å². The van der Waals surface area contributed by atoms with Crippen LogP contribution in [0.4, 0.5) is 13.2 Å². The van der Waals surface area contributed by atoms with Crippen molar-refractivity contribution in [3.8, 4) is 0 Å². The zero-order valence-electron chi connectivity index (χ0n) is 12.0. The van der Waals surface area contributed by atoms with E-state index in [1.54, 1.807) is 13.1 Å². The third-order valence-corrected chi connectivity index (χ3v) is 3.27. The molecule has 2 unspecified atom stereocenters. The zero-order valence-corrected chi connectivity index (χ0v) is 12.0. The van der Waals surface area contributed by atoms with Crippen LogP contribution in [0, 0.1) is 0 Å². The molecule has 0 spiro atoms. The predicted molar refractivity (Wildman–Crippen MR) is 79.9 cm³/mol. The van der Waals surface area contributed by atoms with Gasteiger partial charge in [0, 0.05) is 6.21 Å². The predicted octanol–water partition coefficient (Wildman–Crippen LogP) is 4.25. The van der Waals surface area contributed by atoms with E-state index in [4.69, 9.17) is 0 Å². The Morgan fingerprint density at radius 3 is 2.36 bits per heavy atom. The van der Waals surface area contributed by atoms with E-state index in [0.717, 1.165) is 17.7 Å². The van der Waals surface area contributed by atoms with Gasteiger partial charge in [-0.3, -0.25) is 4.99 Å². The van der Waals surface area contributed by atoms with Crippen molar-refractivity contribution in [2.45, 2.75) is 25.2 Å². The summed E-state index contributed by atoms with van der Waals surface area (Å²) in [5, 5.41) is 10.2. The lowest BCUT2D eigenvalue weighted by Crippen LogP contribution is -2.14. The van der Waals surface area contributed by atoms with Crippen LogP contribution in [0.15, 0.2) is 59.6 Å². The second kappa shape index (κ2) is 6.75. The molecule has 2 atom stereocenters. The van der Waals surface area contributed by atoms with Crippen LogP contribution >= 0.6 is 0 Å². The van der Waals surface area contributed by atoms with Gasteiger partial charge in [-0.1, -0.05) is 42.5 Å². The summed E-state index contributed by atoms with van der Waals surface area (Å²) in [4.78, 5) is 4.21. The largest absolute Gasteiger partial charge is 0.416 e.